The predicted octanol–water partition coefficient (Wildman–Crippen LogP) is 6.18. The number of azo groups is 1. The van der Waals surface area contributed by atoms with Crippen LogP contribution in [-0.4, -0.2) is 43.5 Å². The normalized spacial score (nSPS) is 16.6. The number of nitrogen functional groups attached to an aromatic ring is 1. The summed E-state index contributed by atoms with van der Waals surface area (Å²) in [5.41, 5.74) is 7.52. The van der Waals surface area contributed by atoms with Crippen molar-refractivity contribution < 1.29 is 27.4 Å². The molecule has 1 aliphatic rings. The van der Waals surface area contributed by atoms with Crippen LogP contribution in [0.5, 0.6) is 5.75 Å². The first-order valence-corrected chi connectivity index (χ1v) is 13.1. The number of anilines is 2. The van der Waals surface area contributed by atoms with Gasteiger partial charge in [-0.3, -0.25) is 14.2 Å². The summed E-state index contributed by atoms with van der Waals surface area (Å²) >= 11 is 6.18. The maximum Gasteiger partial charge on any atom is 0.395 e. The number of alkyl halides is 3. The molecule has 0 spiro atoms. The molecule has 1 aliphatic heterocycles. The zero-order valence-electron chi connectivity index (χ0n) is 22.5. The van der Waals surface area contributed by atoms with E-state index in [4.69, 9.17) is 26.8 Å². The Labute approximate surface area is 239 Å². The predicted molar refractivity (Wildman–Crippen MR) is 150 cm³/mol. The van der Waals surface area contributed by atoms with Gasteiger partial charge >= 0.3 is 6.18 Å². The third kappa shape index (κ3) is 6.88. The zero-order valence-corrected chi connectivity index (χ0v) is 23.3. The summed E-state index contributed by atoms with van der Waals surface area (Å²) in [5, 5.41) is 10.6. The lowest BCUT2D eigenvalue weighted by Crippen LogP contribution is -2.36. The molecule has 4 rings (SSSR count). The molecule has 41 heavy (non-hydrogen) atoms. The van der Waals surface area contributed by atoms with Gasteiger partial charge in [0, 0.05) is 42.9 Å². The highest BCUT2D eigenvalue weighted by Crippen LogP contribution is 2.40. The number of carbonyl (C=O) groups is 1. The number of amides is 1. The second-order valence-corrected chi connectivity index (χ2v) is 10.1. The summed E-state index contributed by atoms with van der Waals surface area (Å²) in [6.07, 6.45) is -3.96. The van der Waals surface area contributed by atoms with Crippen molar-refractivity contribution in [2.24, 2.45) is 16.1 Å². The number of pyridine rings is 1. The van der Waals surface area contributed by atoms with Crippen molar-refractivity contribution in [2.45, 2.75) is 38.1 Å². The third-order valence-electron chi connectivity index (χ3n) is 6.87. The number of methoxy groups -OCH3 is 1. The molecule has 0 saturated carbocycles. The van der Waals surface area contributed by atoms with Gasteiger partial charge in [0.25, 0.3) is 5.56 Å². The van der Waals surface area contributed by atoms with Crippen molar-refractivity contribution >= 4 is 34.6 Å². The number of rotatable bonds is 7. The number of nitrogens with one attached hydrogen (secondary N) is 1. The van der Waals surface area contributed by atoms with Gasteiger partial charge in [-0.05, 0) is 54.8 Å². The standard InChI is InChI=1S/C28H29ClF3N5O4/c1-15(40-3)8-24(27(39)35-19-6-7-23(36-34-2)22(33)11-19)37-13-25-21(12-26(37)38)20-10-18(29)5-4-16(20)9-17(14-41-25)28(30,31)32/h4-7,10-13,15,17,24H,8-9,14,33H2,1-3H3,(H,35,39). The second-order valence-electron chi connectivity index (χ2n) is 9.71. The molecule has 2 aromatic carbocycles. The summed E-state index contributed by atoms with van der Waals surface area (Å²) in [7, 11) is 2.96. The lowest BCUT2D eigenvalue weighted by Gasteiger charge is -2.28. The van der Waals surface area contributed by atoms with Gasteiger partial charge in [-0.2, -0.15) is 23.4 Å². The molecule has 3 atom stereocenters. The van der Waals surface area contributed by atoms with Crippen molar-refractivity contribution in [1.29, 1.82) is 0 Å². The fourth-order valence-electron chi connectivity index (χ4n) is 4.61. The number of ether oxygens (including phenoxy) is 2. The molecular formula is C28H29ClF3N5O4. The maximum atomic E-state index is 13.8. The minimum absolute atomic E-state index is 0.0171. The average Bonchev–Trinajstić information content (AvgIpc) is 2.90. The molecule has 13 heteroatoms. The van der Waals surface area contributed by atoms with Gasteiger partial charge < -0.3 is 20.5 Å². The van der Waals surface area contributed by atoms with Crippen molar-refractivity contribution in [2.75, 3.05) is 31.8 Å². The minimum Gasteiger partial charge on any atom is -0.491 e. The average molecular weight is 592 g/mol. The van der Waals surface area contributed by atoms with Gasteiger partial charge in [-0.25, -0.2) is 0 Å². The Hall–Kier alpha value is -3.90. The van der Waals surface area contributed by atoms with Crippen molar-refractivity contribution in [1.82, 2.24) is 4.57 Å². The summed E-state index contributed by atoms with van der Waals surface area (Å²) in [6, 6.07) is 9.34. The first kappa shape index (κ1) is 30.1. The van der Waals surface area contributed by atoms with Gasteiger partial charge in [0.1, 0.15) is 24.1 Å². The monoisotopic (exact) mass is 591 g/mol. The van der Waals surface area contributed by atoms with E-state index in [-0.39, 0.29) is 29.8 Å². The van der Waals surface area contributed by atoms with Gasteiger partial charge in [-0.1, -0.05) is 17.7 Å². The highest BCUT2D eigenvalue weighted by Gasteiger charge is 2.41. The molecular weight excluding hydrogens is 563 g/mol. The molecule has 1 aromatic heterocycles. The third-order valence-corrected chi connectivity index (χ3v) is 7.11. The summed E-state index contributed by atoms with van der Waals surface area (Å²) in [6.45, 7) is 1.06. The first-order valence-electron chi connectivity index (χ1n) is 12.7. The summed E-state index contributed by atoms with van der Waals surface area (Å²) < 4.78 is 53.6. The SMILES string of the molecule is CN=Nc1ccc(NC(=O)C(CC(C)OC)n2cc3c(cc2=O)-c2cc(Cl)ccc2CC(C(F)(F)F)CO3)cc1N. The second kappa shape index (κ2) is 12.3. The van der Waals surface area contributed by atoms with Gasteiger partial charge in [0.15, 0.2) is 0 Å². The molecule has 2 heterocycles. The Morgan fingerprint density at radius 1 is 1.24 bits per heavy atom. The number of benzene rings is 2. The van der Waals surface area contributed by atoms with Crippen LogP contribution in [0.2, 0.25) is 5.02 Å². The van der Waals surface area contributed by atoms with Crippen LogP contribution in [0.3, 0.4) is 0 Å². The fourth-order valence-corrected chi connectivity index (χ4v) is 4.79. The molecule has 0 fully saturated rings. The maximum absolute atomic E-state index is 13.8. The number of hydrogen-bond donors (Lipinski definition) is 2. The van der Waals surface area contributed by atoms with E-state index in [1.807, 2.05) is 0 Å². The van der Waals surface area contributed by atoms with Gasteiger partial charge in [-0.15, -0.1) is 0 Å². The molecule has 0 aliphatic carbocycles. The first-order chi connectivity index (χ1) is 19.4. The van der Waals surface area contributed by atoms with Crippen molar-refractivity contribution in [3.05, 3.63) is 69.6 Å². The molecule has 3 unspecified atom stereocenters. The molecule has 0 bridgehead atoms. The number of fused-ring (bicyclic) bond motifs is 3. The number of nitrogens with two attached hydrogens (primary N) is 1. The summed E-state index contributed by atoms with van der Waals surface area (Å²) in [4.78, 5) is 27.0. The van der Waals surface area contributed by atoms with Crippen LogP contribution in [0.4, 0.5) is 30.2 Å². The van der Waals surface area contributed by atoms with Crippen LogP contribution in [0.1, 0.15) is 24.9 Å². The molecule has 218 valence electrons. The lowest BCUT2D eigenvalue weighted by molar-refractivity contribution is -0.181. The lowest BCUT2D eigenvalue weighted by atomic mass is 9.91. The minimum atomic E-state index is -4.52. The van der Waals surface area contributed by atoms with Crippen LogP contribution in [0.25, 0.3) is 11.1 Å². The van der Waals surface area contributed by atoms with E-state index < -0.39 is 42.3 Å². The van der Waals surface area contributed by atoms with E-state index in [0.29, 0.717) is 27.5 Å². The molecule has 3 aromatic rings. The molecule has 3 N–H and O–H groups in total. The van der Waals surface area contributed by atoms with Crippen molar-refractivity contribution in [3.8, 4) is 16.9 Å². The van der Waals surface area contributed by atoms with Crippen LogP contribution < -0.4 is 21.3 Å². The Morgan fingerprint density at radius 3 is 2.66 bits per heavy atom. The van der Waals surface area contributed by atoms with Crippen LogP contribution >= 0.6 is 11.6 Å². The quantitative estimate of drug-likeness (QED) is 0.251. The van der Waals surface area contributed by atoms with Crippen LogP contribution in [0, 0.1) is 5.92 Å². The Kier molecular flexibility index (Phi) is 9.03. The smallest absolute Gasteiger partial charge is 0.395 e. The number of hydrogen-bond acceptors (Lipinski definition) is 7. The van der Waals surface area contributed by atoms with E-state index in [1.165, 1.54) is 50.7 Å². The number of nitrogens with zero attached hydrogens (tertiary/aromatic N) is 3. The van der Waals surface area contributed by atoms with E-state index >= 15 is 0 Å². The largest absolute Gasteiger partial charge is 0.491 e. The van der Waals surface area contributed by atoms with Crippen LogP contribution in [-0.2, 0) is 16.0 Å². The molecule has 1 amide bonds. The molecule has 0 saturated heterocycles. The fraction of sp³-hybridized carbons (Fsp3) is 0.357. The van der Waals surface area contributed by atoms with Gasteiger partial charge in [0.05, 0.1) is 23.9 Å². The van der Waals surface area contributed by atoms with E-state index in [9.17, 15) is 22.8 Å². The molecule has 9 nitrogen and oxygen atoms in total. The Balaban J connectivity index is 1.78. The summed E-state index contributed by atoms with van der Waals surface area (Å²) in [5.74, 6) is -2.34. The van der Waals surface area contributed by atoms with E-state index in [2.05, 4.69) is 15.5 Å². The highest BCUT2D eigenvalue weighted by molar-refractivity contribution is 6.30. The van der Waals surface area contributed by atoms with E-state index in [0.717, 1.165) is 4.57 Å². The zero-order chi connectivity index (χ0) is 29.9. The van der Waals surface area contributed by atoms with Crippen molar-refractivity contribution in [3.63, 3.8) is 0 Å². The Bertz CT molecular complexity index is 1530. The van der Waals surface area contributed by atoms with Crippen LogP contribution in [0.15, 0.2) is 63.7 Å². The highest BCUT2D eigenvalue weighted by atomic mass is 35.5. The number of carbonyl (C=O) groups excluding carboxylic acids is 1. The van der Waals surface area contributed by atoms with Gasteiger partial charge in [0.2, 0.25) is 5.91 Å². The topological polar surface area (TPSA) is 120 Å². The molecule has 0 radical (unpaired) electrons. The number of halogens is 4. The Morgan fingerprint density at radius 2 is 2.00 bits per heavy atom. The number of aromatic nitrogens is 1. The van der Waals surface area contributed by atoms with E-state index in [1.54, 1.807) is 19.1 Å².